The molecule has 0 bridgehead atoms. The first kappa shape index (κ1) is 18.9. The Morgan fingerprint density at radius 1 is 1.28 bits per heavy atom. The zero-order valence-electron chi connectivity index (χ0n) is 14.5. The number of carbonyl (C=O) groups is 2. The Bertz CT molecular complexity index is 606. The third-order valence-electron chi connectivity index (χ3n) is 3.53. The van der Waals surface area contributed by atoms with Crippen LogP contribution in [0.25, 0.3) is 0 Å². The van der Waals surface area contributed by atoms with Gasteiger partial charge in [0.1, 0.15) is 6.04 Å². The molecule has 1 aromatic carbocycles. The Labute approximate surface area is 147 Å². The molecule has 2 amide bonds. The van der Waals surface area contributed by atoms with Crippen molar-refractivity contribution in [3.63, 3.8) is 0 Å². The number of para-hydroxylation sites is 1. The Morgan fingerprint density at radius 2 is 2.04 bits per heavy atom. The molecular weight excluding hydrogens is 324 g/mol. The molecule has 0 saturated heterocycles. The van der Waals surface area contributed by atoms with Gasteiger partial charge in [0.15, 0.2) is 0 Å². The summed E-state index contributed by atoms with van der Waals surface area (Å²) in [6.45, 7) is 3.74. The Balaban J connectivity index is 1.85. The second-order valence-corrected chi connectivity index (χ2v) is 5.49. The van der Waals surface area contributed by atoms with E-state index in [4.69, 9.17) is 9.47 Å². The lowest BCUT2D eigenvalue weighted by atomic mass is 10.2. The number of methoxy groups -OCH3 is 1. The molecule has 1 atom stereocenters. The van der Waals surface area contributed by atoms with Gasteiger partial charge >= 0.3 is 0 Å². The largest absolute Gasteiger partial charge is 0.382 e. The molecule has 2 N–H and O–H groups in total. The summed E-state index contributed by atoms with van der Waals surface area (Å²) in [6, 6.07) is 8.46. The van der Waals surface area contributed by atoms with E-state index in [1.54, 1.807) is 26.2 Å². The van der Waals surface area contributed by atoms with Gasteiger partial charge in [0.05, 0.1) is 18.9 Å². The molecule has 2 rings (SSSR count). The lowest BCUT2D eigenvalue weighted by Gasteiger charge is -2.30. The molecule has 1 unspecified atom stereocenters. The van der Waals surface area contributed by atoms with E-state index in [0.717, 1.165) is 0 Å². The number of amidine groups is 1. The van der Waals surface area contributed by atoms with Crippen molar-refractivity contribution in [3.8, 4) is 0 Å². The van der Waals surface area contributed by atoms with Gasteiger partial charge in [-0.25, -0.2) is 10.0 Å². The highest BCUT2D eigenvalue weighted by Gasteiger charge is 2.30. The summed E-state index contributed by atoms with van der Waals surface area (Å²) in [4.78, 5) is 28.7. The minimum absolute atomic E-state index is 0.122. The molecule has 136 valence electrons. The van der Waals surface area contributed by atoms with Crippen molar-refractivity contribution in [1.29, 1.82) is 0 Å². The molecule has 0 fully saturated rings. The van der Waals surface area contributed by atoms with Gasteiger partial charge in [0, 0.05) is 20.3 Å². The number of amides is 2. The summed E-state index contributed by atoms with van der Waals surface area (Å²) in [5.41, 5.74) is 3.45. The average Bonchev–Trinajstić information content (AvgIpc) is 2.63. The molecule has 1 aliphatic rings. The summed E-state index contributed by atoms with van der Waals surface area (Å²) < 4.78 is 10.2. The molecule has 8 heteroatoms. The standard InChI is InChI=1S/C17H24N4O4/c1-13-17(23)21(14-7-4-3-5-8-14)20-15(19-13)16(22)18-9-6-10-25-12-11-24-2/h3-5,7-8,13H,6,9-12H2,1-2H3,(H,18,22)(H,19,20). The van der Waals surface area contributed by atoms with E-state index in [2.05, 4.69) is 15.7 Å². The maximum atomic E-state index is 12.3. The number of ether oxygens (including phenoxy) is 2. The molecular formula is C17H24N4O4. The zero-order valence-corrected chi connectivity index (χ0v) is 14.5. The van der Waals surface area contributed by atoms with Crippen LogP contribution in [-0.2, 0) is 19.1 Å². The van der Waals surface area contributed by atoms with Gasteiger partial charge in [-0.3, -0.25) is 15.0 Å². The second kappa shape index (κ2) is 9.75. The Morgan fingerprint density at radius 3 is 2.76 bits per heavy atom. The van der Waals surface area contributed by atoms with Crippen LogP contribution in [0, 0.1) is 0 Å². The van der Waals surface area contributed by atoms with E-state index in [9.17, 15) is 9.59 Å². The first-order chi connectivity index (χ1) is 12.1. The van der Waals surface area contributed by atoms with Gasteiger partial charge in [-0.2, -0.15) is 0 Å². The average molecular weight is 348 g/mol. The first-order valence-corrected chi connectivity index (χ1v) is 8.22. The predicted octanol–water partition coefficient (Wildman–Crippen LogP) is 0.494. The molecule has 0 saturated carbocycles. The Hall–Kier alpha value is -2.45. The lowest BCUT2D eigenvalue weighted by Crippen LogP contribution is -2.58. The van der Waals surface area contributed by atoms with Crippen LogP contribution in [0.2, 0.25) is 0 Å². The summed E-state index contributed by atoms with van der Waals surface area (Å²) in [7, 11) is 1.62. The maximum absolute atomic E-state index is 12.3. The van der Waals surface area contributed by atoms with E-state index in [0.29, 0.717) is 38.5 Å². The van der Waals surface area contributed by atoms with Gasteiger partial charge in [-0.15, -0.1) is 0 Å². The maximum Gasteiger partial charge on any atom is 0.288 e. The van der Waals surface area contributed by atoms with Gasteiger partial charge in [0.25, 0.3) is 11.8 Å². The number of aliphatic imine (C=N–C) groups is 1. The van der Waals surface area contributed by atoms with E-state index in [1.807, 2.05) is 18.2 Å². The molecule has 25 heavy (non-hydrogen) atoms. The van der Waals surface area contributed by atoms with Crippen LogP contribution in [0.15, 0.2) is 35.3 Å². The molecule has 1 aromatic rings. The fraction of sp³-hybridized carbons (Fsp3) is 0.471. The summed E-state index contributed by atoms with van der Waals surface area (Å²) in [5.74, 6) is -0.442. The first-order valence-electron chi connectivity index (χ1n) is 8.22. The van der Waals surface area contributed by atoms with Gasteiger partial charge in [0.2, 0.25) is 5.84 Å². The van der Waals surface area contributed by atoms with E-state index < -0.39 is 6.04 Å². The van der Waals surface area contributed by atoms with Crippen LogP contribution in [0.5, 0.6) is 0 Å². The topological polar surface area (TPSA) is 92.3 Å². The van der Waals surface area contributed by atoms with Crippen LogP contribution >= 0.6 is 0 Å². The van der Waals surface area contributed by atoms with Crippen LogP contribution in [0.1, 0.15) is 13.3 Å². The molecule has 1 heterocycles. The highest BCUT2D eigenvalue weighted by molar-refractivity contribution is 6.39. The Kier molecular flexibility index (Phi) is 7.36. The van der Waals surface area contributed by atoms with Crippen molar-refractivity contribution >= 4 is 23.3 Å². The third kappa shape index (κ3) is 5.54. The van der Waals surface area contributed by atoms with Gasteiger partial charge in [-0.05, 0) is 25.5 Å². The van der Waals surface area contributed by atoms with Gasteiger partial charge < -0.3 is 14.8 Å². The quantitative estimate of drug-likeness (QED) is 0.634. The van der Waals surface area contributed by atoms with Crippen molar-refractivity contribution < 1.29 is 19.1 Å². The van der Waals surface area contributed by atoms with Crippen molar-refractivity contribution in [1.82, 2.24) is 10.7 Å². The van der Waals surface area contributed by atoms with Crippen molar-refractivity contribution in [2.24, 2.45) is 4.99 Å². The van der Waals surface area contributed by atoms with E-state index in [-0.39, 0.29) is 17.6 Å². The number of benzene rings is 1. The smallest absolute Gasteiger partial charge is 0.288 e. The van der Waals surface area contributed by atoms with Crippen LogP contribution in [0.4, 0.5) is 5.69 Å². The highest BCUT2D eigenvalue weighted by Crippen LogP contribution is 2.15. The minimum Gasteiger partial charge on any atom is -0.382 e. The van der Waals surface area contributed by atoms with E-state index >= 15 is 0 Å². The zero-order chi connectivity index (χ0) is 18.1. The molecule has 8 nitrogen and oxygen atoms in total. The molecule has 0 spiro atoms. The molecule has 1 aliphatic heterocycles. The number of rotatable bonds is 9. The highest BCUT2D eigenvalue weighted by atomic mass is 16.5. The fourth-order valence-corrected chi connectivity index (χ4v) is 2.21. The minimum atomic E-state index is -0.625. The predicted molar refractivity (Wildman–Crippen MR) is 94.3 cm³/mol. The van der Waals surface area contributed by atoms with Crippen molar-refractivity contribution in [3.05, 3.63) is 30.3 Å². The molecule has 0 aromatic heterocycles. The summed E-state index contributed by atoms with van der Waals surface area (Å²) in [5, 5.41) is 4.12. The van der Waals surface area contributed by atoms with Crippen LogP contribution in [-0.4, -0.2) is 57.2 Å². The van der Waals surface area contributed by atoms with Crippen LogP contribution in [0.3, 0.4) is 0 Å². The van der Waals surface area contributed by atoms with Crippen LogP contribution < -0.4 is 15.8 Å². The fourth-order valence-electron chi connectivity index (χ4n) is 2.21. The number of hydrogen-bond acceptors (Lipinski definition) is 6. The monoisotopic (exact) mass is 348 g/mol. The third-order valence-corrected chi connectivity index (χ3v) is 3.53. The SMILES string of the molecule is COCCOCCCNC(=O)C1=NC(C)C(=O)N(c2ccccc2)N1. The van der Waals surface area contributed by atoms with Crippen molar-refractivity contribution in [2.75, 3.05) is 38.5 Å². The second-order valence-electron chi connectivity index (χ2n) is 5.49. The number of hydrogen-bond donors (Lipinski definition) is 2. The molecule has 0 aliphatic carbocycles. The van der Waals surface area contributed by atoms with E-state index in [1.165, 1.54) is 5.01 Å². The summed E-state index contributed by atoms with van der Waals surface area (Å²) in [6.07, 6.45) is 0.680. The van der Waals surface area contributed by atoms with Gasteiger partial charge in [-0.1, -0.05) is 18.2 Å². The lowest BCUT2D eigenvalue weighted by molar-refractivity contribution is -0.120. The van der Waals surface area contributed by atoms with Crippen molar-refractivity contribution in [2.45, 2.75) is 19.4 Å². The number of carbonyl (C=O) groups excluding carboxylic acids is 2. The number of anilines is 1. The number of hydrazine groups is 1. The normalized spacial score (nSPS) is 17.0. The summed E-state index contributed by atoms with van der Waals surface area (Å²) >= 11 is 0. The number of nitrogens with one attached hydrogen (secondary N) is 2. The number of nitrogens with zero attached hydrogens (tertiary/aromatic N) is 2. The molecule has 0 radical (unpaired) electrons.